The number of fused-ring (bicyclic) bond motifs is 1. The Balaban J connectivity index is 1.52. The van der Waals surface area contributed by atoms with Gasteiger partial charge in [0.25, 0.3) is 0 Å². The summed E-state index contributed by atoms with van der Waals surface area (Å²) in [6.07, 6.45) is 6.31. The number of hydrogen-bond donors (Lipinski definition) is 1. The van der Waals surface area contributed by atoms with Crippen LogP contribution >= 0.6 is 0 Å². The minimum Gasteiger partial charge on any atom is -0.370 e. The summed E-state index contributed by atoms with van der Waals surface area (Å²) in [6.45, 7) is 1.90. The van der Waals surface area contributed by atoms with Crippen molar-refractivity contribution >= 4 is 33.3 Å². The molecule has 0 saturated carbocycles. The van der Waals surface area contributed by atoms with Gasteiger partial charge < -0.3 is 14.8 Å². The summed E-state index contributed by atoms with van der Waals surface area (Å²) in [4.78, 5) is 17.4. The van der Waals surface area contributed by atoms with Gasteiger partial charge in [-0.3, -0.25) is 4.21 Å². The Hall–Kier alpha value is -2.41. The molecular formula is C18H21N5OS. The van der Waals surface area contributed by atoms with Gasteiger partial charge in [0.15, 0.2) is 0 Å². The van der Waals surface area contributed by atoms with Gasteiger partial charge in [-0.2, -0.15) is 0 Å². The Morgan fingerprint density at radius 3 is 2.80 bits per heavy atom. The van der Waals surface area contributed by atoms with Gasteiger partial charge in [0.2, 0.25) is 0 Å². The van der Waals surface area contributed by atoms with Crippen LogP contribution < -0.4 is 9.80 Å². The number of nitrogens with zero attached hydrogens (tertiary/aromatic N) is 4. The molecule has 2 atom stereocenters. The van der Waals surface area contributed by atoms with Gasteiger partial charge in [-0.05, 0) is 36.8 Å². The summed E-state index contributed by atoms with van der Waals surface area (Å²) in [5.41, 5.74) is 2.03. The van der Waals surface area contributed by atoms with Gasteiger partial charge >= 0.3 is 0 Å². The molecule has 1 aliphatic rings. The Kier molecular flexibility index (Phi) is 4.17. The Morgan fingerprint density at radius 2 is 2.04 bits per heavy atom. The molecule has 0 amide bonds. The minimum atomic E-state index is -0.936. The second-order valence-electron chi connectivity index (χ2n) is 6.38. The minimum absolute atomic E-state index is 0.418. The first-order chi connectivity index (χ1) is 12.1. The summed E-state index contributed by atoms with van der Waals surface area (Å²) in [6, 6.07) is 10.4. The largest absolute Gasteiger partial charge is 0.370 e. The zero-order chi connectivity index (χ0) is 17.4. The molecule has 25 heavy (non-hydrogen) atoms. The van der Waals surface area contributed by atoms with E-state index in [-0.39, 0.29) is 0 Å². The van der Waals surface area contributed by atoms with Crippen molar-refractivity contribution in [2.24, 2.45) is 0 Å². The molecule has 1 aromatic carbocycles. The van der Waals surface area contributed by atoms with E-state index >= 15 is 0 Å². The standard InChI is InChI=1S/C18H21N5OS/c1-22(13-3-5-15(6-4-13)25(2)24)14-8-10-23(11-14)18-16-7-9-19-17(16)20-12-21-18/h3-7,9,12,14H,8,10-11H2,1-2H3,(H,19,20,21). The molecule has 2 aromatic heterocycles. The molecule has 1 saturated heterocycles. The normalized spacial score (nSPS) is 18.6. The first kappa shape index (κ1) is 16.1. The lowest BCUT2D eigenvalue weighted by Crippen LogP contribution is -2.34. The summed E-state index contributed by atoms with van der Waals surface area (Å²) < 4.78 is 11.5. The maximum Gasteiger partial charge on any atom is 0.142 e. The number of anilines is 2. The second-order valence-corrected chi connectivity index (χ2v) is 7.76. The Morgan fingerprint density at radius 1 is 1.24 bits per heavy atom. The Labute approximate surface area is 149 Å². The average Bonchev–Trinajstić information content (AvgIpc) is 3.30. The molecule has 1 fully saturated rings. The highest BCUT2D eigenvalue weighted by Gasteiger charge is 2.28. The molecule has 0 radical (unpaired) electrons. The maximum atomic E-state index is 11.5. The van der Waals surface area contributed by atoms with Crippen LogP contribution in [0.15, 0.2) is 47.8 Å². The van der Waals surface area contributed by atoms with E-state index in [0.29, 0.717) is 6.04 Å². The van der Waals surface area contributed by atoms with Crippen molar-refractivity contribution < 1.29 is 4.21 Å². The maximum absolute atomic E-state index is 11.5. The highest BCUT2D eigenvalue weighted by atomic mass is 32.2. The summed E-state index contributed by atoms with van der Waals surface area (Å²) in [7, 11) is 1.19. The van der Waals surface area contributed by atoms with Gasteiger partial charge in [-0.25, -0.2) is 9.97 Å². The SMILES string of the molecule is CN(c1ccc(S(C)=O)cc1)C1CCN(c2ncnc3[nH]ccc23)C1. The lowest BCUT2D eigenvalue weighted by atomic mass is 10.2. The van der Waals surface area contributed by atoms with Gasteiger partial charge in [0.05, 0.1) is 5.39 Å². The van der Waals surface area contributed by atoms with Crippen LogP contribution in [0.5, 0.6) is 0 Å². The first-order valence-corrected chi connectivity index (χ1v) is 9.88. The molecule has 0 bridgehead atoms. The molecule has 0 spiro atoms. The number of benzene rings is 1. The third kappa shape index (κ3) is 3.00. The van der Waals surface area contributed by atoms with Crippen molar-refractivity contribution in [2.75, 3.05) is 36.2 Å². The molecule has 0 aliphatic carbocycles. The van der Waals surface area contributed by atoms with Gasteiger partial charge in [-0.1, -0.05) is 0 Å². The monoisotopic (exact) mass is 355 g/mol. The van der Waals surface area contributed by atoms with Gasteiger partial charge in [0.1, 0.15) is 17.8 Å². The third-order valence-electron chi connectivity index (χ3n) is 4.92. The molecule has 4 rings (SSSR count). The van der Waals surface area contributed by atoms with E-state index < -0.39 is 10.8 Å². The van der Waals surface area contributed by atoms with Crippen LogP contribution in [0.1, 0.15) is 6.42 Å². The molecule has 6 nitrogen and oxygen atoms in total. The number of H-pyrrole nitrogens is 1. The fourth-order valence-corrected chi connectivity index (χ4v) is 3.96. The quantitative estimate of drug-likeness (QED) is 0.779. The van der Waals surface area contributed by atoms with E-state index in [1.54, 1.807) is 12.6 Å². The first-order valence-electron chi connectivity index (χ1n) is 8.33. The molecule has 1 aliphatic heterocycles. The molecule has 130 valence electrons. The van der Waals surface area contributed by atoms with Crippen molar-refractivity contribution in [3.63, 3.8) is 0 Å². The number of nitrogens with one attached hydrogen (secondary N) is 1. The zero-order valence-electron chi connectivity index (χ0n) is 14.3. The number of likely N-dealkylation sites (N-methyl/N-ethyl adjacent to an activating group) is 1. The molecular weight excluding hydrogens is 334 g/mol. The van der Waals surface area contributed by atoms with Crippen molar-refractivity contribution in [3.05, 3.63) is 42.9 Å². The third-order valence-corrected chi connectivity index (χ3v) is 5.86. The average molecular weight is 355 g/mol. The fourth-order valence-electron chi connectivity index (χ4n) is 3.44. The lowest BCUT2D eigenvalue weighted by Gasteiger charge is -2.27. The van der Waals surface area contributed by atoms with E-state index in [1.807, 2.05) is 24.4 Å². The molecule has 2 unspecified atom stereocenters. The van der Waals surface area contributed by atoms with Crippen LogP contribution in [0, 0.1) is 0 Å². The summed E-state index contributed by atoms with van der Waals surface area (Å²) in [5.74, 6) is 0.999. The second kappa shape index (κ2) is 6.48. The van der Waals surface area contributed by atoms with E-state index in [2.05, 4.69) is 43.9 Å². The van der Waals surface area contributed by atoms with Crippen LogP contribution in [0.25, 0.3) is 11.0 Å². The van der Waals surface area contributed by atoms with Crippen LogP contribution in [0.2, 0.25) is 0 Å². The van der Waals surface area contributed by atoms with E-state index in [0.717, 1.165) is 46.9 Å². The molecule has 3 heterocycles. The van der Waals surface area contributed by atoms with E-state index in [1.165, 1.54) is 0 Å². The van der Waals surface area contributed by atoms with Crippen LogP contribution in [0.3, 0.4) is 0 Å². The highest BCUT2D eigenvalue weighted by Crippen LogP contribution is 2.28. The van der Waals surface area contributed by atoms with Crippen molar-refractivity contribution in [1.29, 1.82) is 0 Å². The van der Waals surface area contributed by atoms with Crippen LogP contribution in [-0.2, 0) is 10.8 Å². The molecule has 7 heteroatoms. The topological polar surface area (TPSA) is 65.1 Å². The highest BCUT2D eigenvalue weighted by molar-refractivity contribution is 7.84. The smallest absolute Gasteiger partial charge is 0.142 e. The van der Waals surface area contributed by atoms with Crippen molar-refractivity contribution in [2.45, 2.75) is 17.4 Å². The fraction of sp³-hybridized carbons (Fsp3) is 0.333. The number of hydrogen-bond acceptors (Lipinski definition) is 5. The summed E-state index contributed by atoms with van der Waals surface area (Å²) >= 11 is 0. The lowest BCUT2D eigenvalue weighted by molar-refractivity contribution is 0.686. The predicted molar refractivity (Wildman–Crippen MR) is 102 cm³/mol. The van der Waals surface area contributed by atoms with E-state index in [4.69, 9.17) is 0 Å². The van der Waals surface area contributed by atoms with E-state index in [9.17, 15) is 4.21 Å². The number of rotatable bonds is 4. The summed E-state index contributed by atoms with van der Waals surface area (Å²) in [5, 5.41) is 1.07. The van der Waals surface area contributed by atoms with Gasteiger partial charge in [-0.15, -0.1) is 0 Å². The zero-order valence-corrected chi connectivity index (χ0v) is 15.2. The van der Waals surface area contributed by atoms with Crippen LogP contribution in [0.4, 0.5) is 11.5 Å². The Bertz CT molecular complexity index is 907. The van der Waals surface area contributed by atoms with Crippen LogP contribution in [-0.4, -0.2) is 51.6 Å². The molecule has 3 aromatic rings. The van der Waals surface area contributed by atoms with Crippen molar-refractivity contribution in [1.82, 2.24) is 15.0 Å². The number of aromatic nitrogens is 3. The van der Waals surface area contributed by atoms with Gasteiger partial charge in [0, 0.05) is 60.0 Å². The van der Waals surface area contributed by atoms with Crippen molar-refractivity contribution in [3.8, 4) is 0 Å². The molecule has 1 N–H and O–H groups in total. The predicted octanol–water partition coefficient (Wildman–Crippen LogP) is 2.41. The number of aromatic amines is 1.